The molecule has 0 saturated carbocycles. The molecule has 0 unspecified atom stereocenters. The third kappa shape index (κ3) is 25.6. The van der Waals surface area contributed by atoms with E-state index in [2.05, 4.69) is 17.6 Å². The van der Waals surface area contributed by atoms with E-state index >= 15 is 0 Å². The highest BCUT2D eigenvalue weighted by Crippen LogP contribution is 2.49. The predicted octanol–water partition coefficient (Wildman–Crippen LogP) is 0.703. The van der Waals surface area contributed by atoms with Gasteiger partial charge in [-0.3, -0.25) is 0 Å². The molecule has 0 bridgehead atoms. The molecule has 0 amide bonds. The first-order valence-corrected chi connectivity index (χ1v) is 10.4. The fourth-order valence-corrected chi connectivity index (χ4v) is 3.15. The van der Waals surface area contributed by atoms with Crippen LogP contribution in [0, 0.1) is 0 Å². The molecule has 9 heteroatoms. The number of hydrogen-bond donors (Lipinski definition) is 4. The Bertz CT molecular complexity index is 244. The minimum Gasteiger partial charge on any atom is -0.412 e. The molecule has 0 aliphatic rings. The summed E-state index contributed by atoms with van der Waals surface area (Å²) in [5.74, 6) is 0.446. The van der Waals surface area contributed by atoms with Gasteiger partial charge >= 0.3 is 6.80 Å². The van der Waals surface area contributed by atoms with Gasteiger partial charge in [-0.05, 0) is 24.3 Å². The lowest BCUT2D eigenvalue weighted by Gasteiger charge is -2.07. The molecule has 0 atom stereocenters. The molecule has 0 fully saturated rings. The second kappa shape index (κ2) is 18.4. The number of nitrogens with one attached hydrogen (secondary N) is 2. The predicted molar refractivity (Wildman–Crippen MR) is 90.8 cm³/mol. The molecule has 0 spiro atoms. The van der Waals surface area contributed by atoms with E-state index in [1.807, 2.05) is 0 Å². The summed E-state index contributed by atoms with van der Waals surface area (Å²) < 4.78 is 10.5. The Kier molecular flexibility index (Phi) is 23.0. The van der Waals surface area contributed by atoms with Crippen molar-refractivity contribution < 1.29 is 25.3 Å². The summed E-state index contributed by atoms with van der Waals surface area (Å²) in [4.78, 5) is 17.3. The van der Waals surface area contributed by atoms with Crippen molar-refractivity contribution in [3.8, 4) is 0 Å². The Balaban J connectivity index is -0.00000162. The van der Waals surface area contributed by atoms with E-state index in [0.717, 1.165) is 19.6 Å². The molecule has 8 N–H and O–H groups in total. The summed E-state index contributed by atoms with van der Waals surface area (Å²) in [5, 5.41) is 6.51. The van der Waals surface area contributed by atoms with Gasteiger partial charge in [0, 0.05) is 25.4 Å². The molecule has 0 aliphatic heterocycles. The topological polar surface area (TPSA) is 145 Å². The van der Waals surface area contributed by atoms with Crippen LogP contribution in [0.1, 0.15) is 45.4 Å². The fourth-order valence-electron chi connectivity index (χ4n) is 1.69. The van der Waals surface area contributed by atoms with Crippen LogP contribution in [0.2, 0.25) is 0 Å². The highest BCUT2D eigenvalue weighted by atomic mass is 32.7. The molecule has 0 saturated heterocycles. The maximum Gasteiger partial charge on any atom is 0.384 e. The highest BCUT2D eigenvalue weighted by molar-refractivity contribution is 8.54. The van der Waals surface area contributed by atoms with Gasteiger partial charge in [-0.1, -0.05) is 39.0 Å². The third-order valence-corrected chi connectivity index (χ3v) is 5.00. The summed E-state index contributed by atoms with van der Waals surface area (Å²) in [6.07, 6.45) is 7.88. The molecular weight excluding hydrogens is 315 g/mol. The molecule has 0 radical (unpaired) electrons. The van der Waals surface area contributed by atoms with E-state index < -0.39 is 6.80 Å². The smallest absolute Gasteiger partial charge is 0.384 e. The largest absolute Gasteiger partial charge is 0.412 e. The van der Waals surface area contributed by atoms with Crippen molar-refractivity contribution in [2.75, 3.05) is 31.9 Å². The van der Waals surface area contributed by atoms with Crippen LogP contribution < -0.4 is 10.6 Å². The molecule has 132 valence electrons. The van der Waals surface area contributed by atoms with Crippen molar-refractivity contribution in [2.24, 2.45) is 0 Å². The van der Waals surface area contributed by atoms with E-state index in [1.165, 1.54) is 38.5 Å². The Morgan fingerprint density at radius 1 is 0.857 bits per heavy atom. The van der Waals surface area contributed by atoms with Crippen LogP contribution in [0.25, 0.3) is 0 Å². The Morgan fingerprint density at radius 2 is 1.38 bits per heavy atom. The maximum absolute atomic E-state index is 10.5. The zero-order chi connectivity index (χ0) is 14.4. The van der Waals surface area contributed by atoms with E-state index in [1.54, 1.807) is 0 Å². The second-order valence-corrected chi connectivity index (χ2v) is 8.44. The third-order valence-electron chi connectivity index (χ3n) is 2.72. The average molecular weight is 348 g/mol. The van der Waals surface area contributed by atoms with E-state index in [-0.39, 0.29) is 11.0 Å². The van der Waals surface area contributed by atoms with E-state index in [9.17, 15) is 4.57 Å². The van der Waals surface area contributed by atoms with Crippen LogP contribution in [0.15, 0.2) is 0 Å². The molecule has 21 heavy (non-hydrogen) atoms. The molecule has 0 aromatic rings. The summed E-state index contributed by atoms with van der Waals surface area (Å²) in [5.41, 5.74) is 0. The minimum absolute atomic E-state index is 0. The monoisotopic (exact) mass is 348 g/mol. The van der Waals surface area contributed by atoms with E-state index in [4.69, 9.17) is 9.79 Å². The van der Waals surface area contributed by atoms with Crippen molar-refractivity contribution in [3.63, 3.8) is 0 Å². The molecule has 0 heterocycles. The Hall–Kier alpha value is 0.340. The molecular formula is C12H33N2O5PS. The standard InChI is InChI=1S/C12H29N2O3PS.2H2O/c1-2-3-4-5-6-7-8-13-9-10-14-11-12-19-18(15,16)17;;/h13-14H,2-12H2,1H3,(H2,15,16,17);2*1H2. The highest BCUT2D eigenvalue weighted by Gasteiger charge is 2.11. The molecule has 0 aromatic heterocycles. The van der Waals surface area contributed by atoms with Gasteiger partial charge in [-0.15, -0.1) is 0 Å². The first-order chi connectivity index (χ1) is 9.06. The lowest BCUT2D eigenvalue weighted by molar-refractivity contribution is 0.397. The first-order valence-electron chi connectivity index (χ1n) is 7.18. The van der Waals surface area contributed by atoms with Crippen LogP contribution >= 0.6 is 18.2 Å². The molecule has 0 aliphatic carbocycles. The van der Waals surface area contributed by atoms with Gasteiger partial charge in [0.25, 0.3) is 0 Å². The zero-order valence-electron chi connectivity index (χ0n) is 12.9. The average Bonchev–Trinajstić information content (AvgIpc) is 2.34. The van der Waals surface area contributed by atoms with Crippen LogP contribution in [0.5, 0.6) is 0 Å². The van der Waals surface area contributed by atoms with E-state index in [0.29, 0.717) is 23.7 Å². The van der Waals surface area contributed by atoms with Gasteiger partial charge < -0.3 is 31.4 Å². The normalized spacial score (nSPS) is 10.8. The fraction of sp³-hybridized carbons (Fsp3) is 1.00. The summed E-state index contributed by atoms with van der Waals surface area (Å²) in [6, 6.07) is 0. The van der Waals surface area contributed by atoms with Crippen molar-refractivity contribution in [1.29, 1.82) is 0 Å². The zero-order valence-corrected chi connectivity index (χ0v) is 14.6. The van der Waals surface area contributed by atoms with Crippen molar-refractivity contribution in [3.05, 3.63) is 0 Å². The summed E-state index contributed by atoms with van der Waals surface area (Å²) in [6.45, 7) is 1.79. The first kappa shape index (κ1) is 26.2. The van der Waals surface area contributed by atoms with Crippen LogP contribution in [-0.4, -0.2) is 52.7 Å². The lowest BCUT2D eigenvalue weighted by atomic mass is 10.1. The number of unbranched alkanes of at least 4 members (excludes halogenated alkanes) is 5. The van der Waals surface area contributed by atoms with Gasteiger partial charge in [-0.25, -0.2) is 4.57 Å². The quantitative estimate of drug-likeness (QED) is 0.269. The van der Waals surface area contributed by atoms with Gasteiger partial charge in [0.1, 0.15) is 0 Å². The second-order valence-electron chi connectivity index (χ2n) is 4.59. The van der Waals surface area contributed by atoms with Crippen LogP contribution in [0.3, 0.4) is 0 Å². The Labute approximate surface area is 132 Å². The number of hydrogen-bond acceptors (Lipinski definition) is 4. The van der Waals surface area contributed by atoms with Crippen molar-refractivity contribution in [2.45, 2.75) is 45.4 Å². The van der Waals surface area contributed by atoms with Crippen LogP contribution in [-0.2, 0) is 4.57 Å². The lowest BCUT2D eigenvalue weighted by Crippen LogP contribution is -2.29. The molecule has 0 rings (SSSR count). The van der Waals surface area contributed by atoms with Gasteiger partial charge in [0.15, 0.2) is 0 Å². The minimum atomic E-state index is -3.89. The maximum atomic E-state index is 10.5. The van der Waals surface area contributed by atoms with Gasteiger partial charge in [0.2, 0.25) is 0 Å². The van der Waals surface area contributed by atoms with Crippen molar-refractivity contribution in [1.82, 2.24) is 10.6 Å². The summed E-state index contributed by atoms with van der Waals surface area (Å²) in [7, 11) is 0. The van der Waals surface area contributed by atoms with Crippen LogP contribution in [0.4, 0.5) is 0 Å². The Morgan fingerprint density at radius 3 is 1.95 bits per heavy atom. The van der Waals surface area contributed by atoms with Gasteiger partial charge in [-0.2, -0.15) is 0 Å². The SMILES string of the molecule is CCCCCCCCNCCNCCSP(=O)(O)O.O.O. The molecule has 0 aromatic carbocycles. The van der Waals surface area contributed by atoms with Crippen molar-refractivity contribution >= 4 is 18.2 Å². The van der Waals surface area contributed by atoms with Gasteiger partial charge in [0.05, 0.1) is 0 Å². The number of rotatable bonds is 14. The summed E-state index contributed by atoms with van der Waals surface area (Å²) >= 11 is 0.699. The molecule has 7 nitrogen and oxygen atoms in total.